The molecule has 3 rings (SSSR count). The average molecular weight is 225 g/mol. The number of para-hydroxylation sites is 1. The molecule has 2 heterocycles. The third-order valence-electron chi connectivity index (χ3n) is 2.59. The van der Waals surface area contributed by atoms with Crippen molar-refractivity contribution in [3.8, 4) is 16.9 Å². The highest BCUT2D eigenvalue weighted by Gasteiger charge is 2.10. The van der Waals surface area contributed by atoms with Gasteiger partial charge in [-0.1, -0.05) is 18.2 Å². The first-order chi connectivity index (χ1) is 8.36. The van der Waals surface area contributed by atoms with Gasteiger partial charge in [-0.15, -0.1) is 0 Å². The maximum absolute atomic E-state index is 5.87. The summed E-state index contributed by atoms with van der Waals surface area (Å²) in [5.41, 5.74) is 9.26. The van der Waals surface area contributed by atoms with Crippen LogP contribution in [0.2, 0.25) is 0 Å². The minimum Gasteiger partial charge on any atom is -0.396 e. The van der Waals surface area contributed by atoms with Crippen molar-refractivity contribution in [2.45, 2.75) is 0 Å². The molecule has 17 heavy (non-hydrogen) atoms. The van der Waals surface area contributed by atoms with Gasteiger partial charge in [0.1, 0.15) is 0 Å². The molecule has 0 unspecified atom stereocenters. The molecule has 0 amide bonds. The fourth-order valence-electron chi connectivity index (χ4n) is 1.81. The molecule has 0 bridgehead atoms. The van der Waals surface area contributed by atoms with E-state index in [0.717, 1.165) is 16.9 Å². The molecular weight excluding hydrogens is 214 g/mol. The molecular formula is C12H11N5. The van der Waals surface area contributed by atoms with E-state index in [4.69, 9.17) is 5.73 Å². The maximum Gasteiger partial charge on any atom is 0.0901 e. The van der Waals surface area contributed by atoms with Crippen LogP contribution in [0, 0.1) is 0 Å². The quantitative estimate of drug-likeness (QED) is 0.699. The van der Waals surface area contributed by atoms with Gasteiger partial charge in [0.15, 0.2) is 0 Å². The van der Waals surface area contributed by atoms with Crippen molar-refractivity contribution in [2.75, 3.05) is 5.73 Å². The molecule has 84 valence electrons. The minimum atomic E-state index is 0.629. The standard InChI is InChI=1S/C12H11N5/c13-10-8-14-16-12(10)9-4-1-2-5-11(9)17-7-3-6-15-17/h1-8H,13H2,(H,14,16). The smallest absolute Gasteiger partial charge is 0.0901 e. The van der Waals surface area contributed by atoms with Gasteiger partial charge < -0.3 is 5.73 Å². The number of anilines is 1. The molecule has 0 atom stereocenters. The summed E-state index contributed by atoms with van der Waals surface area (Å²) in [6.45, 7) is 0. The summed E-state index contributed by atoms with van der Waals surface area (Å²) in [6.07, 6.45) is 5.24. The fraction of sp³-hybridized carbons (Fsp3) is 0. The van der Waals surface area contributed by atoms with Crippen LogP contribution in [0.15, 0.2) is 48.9 Å². The van der Waals surface area contributed by atoms with E-state index in [2.05, 4.69) is 15.3 Å². The van der Waals surface area contributed by atoms with Gasteiger partial charge >= 0.3 is 0 Å². The van der Waals surface area contributed by atoms with E-state index < -0.39 is 0 Å². The molecule has 3 aromatic rings. The largest absolute Gasteiger partial charge is 0.396 e. The van der Waals surface area contributed by atoms with Crippen molar-refractivity contribution in [1.82, 2.24) is 20.0 Å². The van der Waals surface area contributed by atoms with E-state index in [-0.39, 0.29) is 0 Å². The molecule has 0 fully saturated rings. The summed E-state index contributed by atoms with van der Waals surface area (Å²) < 4.78 is 1.80. The van der Waals surface area contributed by atoms with Crippen LogP contribution >= 0.6 is 0 Å². The Labute approximate surface area is 97.9 Å². The minimum absolute atomic E-state index is 0.629. The lowest BCUT2D eigenvalue weighted by atomic mass is 10.1. The SMILES string of the molecule is Nc1cn[nH]c1-c1ccccc1-n1cccn1. The number of hydrogen-bond donors (Lipinski definition) is 2. The molecule has 5 heteroatoms. The summed E-state index contributed by atoms with van der Waals surface area (Å²) in [6, 6.07) is 9.78. The van der Waals surface area contributed by atoms with Crippen molar-refractivity contribution >= 4 is 5.69 Å². The monoisotopic (exact) mass is 225 g/mol. The van der Waals surface area contributed by atoms with E-state index in [1.807, 2.05) is 36.5 Å². The van der Waals surface area contributed by atoms with Crippen LogP contribution in [-0.4, -0.2) is 20.0 Å². The lowest BCUT2D eigenvalue weighted by molar-refractivity contribution is 0.881. The first kappa shape index (κ1) is 9.65. The summed E-state index contributed by atoms with van der Waals surface area (Å²) >= 11 is 0. The summed E-state index contributed by atoms with van der Waals surface area (Å²) in [5.74, 6) is 0. The summed E-state index contributed by atoms with van der Waals surface area (Å²) in [7, 11) is 0. The number of hydrogen-bond acceptors (Lipinski definition) is 3. The molecule has 2 aromatic heterocycles. The van der Waals surface area contributed by atoms with Crippen molar-refractivity contribution in [3.63, 3.8) is 0 Å². The Hall–Kier alpha value is -2.56. The predicted molar refractivity (Wildman–Crippen MR) is 65.6 cm³/mol. The third-order valence-corrected chi connectivity index (χ3v) is 2.59. The number of H-pyrrole nitrogens is 1. The van der Waals surface area contributed by atoms with Gasteiger partial charge in [-0.05, 0) is 12.1 Å². The number of aromatic nitrogens is 4. The molecule has 0 aliphatic carbocycles. The van der Waals surface area contributed by atoms with E-state index in [9.17, 15) is 0 Å². The topological polar surface area (TPSA) is 72.5 Å². The van der Waals surface area contributed by atoms with Crippen LogP contribution in [0.4, 0.5) is 5.69 Å². The normalized spacial score (nSPS) is 10.6. The zero-order chi connectivity index (χ0) is 11.7. The molecule has 5 nitrogen and oxygen atoms in total. The lowest BCUT2D eigenvalue weighted by Gasteiger charge is -2.08. The van der Waals surface area contributed by atoms with Crippen molar-refractivity contribution < 1.29 is 0 Å². The lowest BCUT2D eigenvalue weighted by Crippen LogP contribution is -1.98. The Morgan fingerprint density at radius 3 is 2.76 bits per heavy atom. The second-order valence-electron chi connectivity index (χ2n) is 3.67. The molecule has 1 aromatic carbocycles. The molecule has 0 radical (unpaired) electrons. The molecule has 3 N–H and O–H groups in total. The maximum atomic E-state index is 5.87. The molecule has 0 spiro atoms. The second-order valence-corrected chi connectivity index (χ2v) is 3.67. The number of nitrogen functional groups attached to an aromatic ring is 1. The molecule has 0 aliphatic heterocycles. The van der Waals surface area contributed by atoms with Crippen LogP contribution in [0.1, 0.15) is 0 Å². The Kier molecular flexibility index (Phi) is 2.15. The second kappa shape index (κ2) is 3.79. The number of nitrogens with two attached hydrogens (primary N) is 1. The van der Waals surface area contributed by atoms with Gasteiger partial charge in [0, 0.05) is 18.0 Å². The summed E-state index contributed by atoms with van der Waals surface area (Å²) in [4.78, 5) is 0. The van der Waals surface area contributed by atoms with Gasteiger partial charge in [0.25, 0.3) is 0 Å². The first-order valence-corrected chi connectivity index (χ1v) is 5.24. The van der Waals surface area contributed by atoms with E-state index in [1.54, 1.807) is 17.1 Å². The Morgan fingerprint density at radius 2 is 2.06 bits per heavy atom. The molecule has 0 aliphatic rings. The number of nitrogens with zero attached hydrogens (tertiary/aromatic N) is 3. The van der Waals surface area contributed by atoms with Crippen molar-refractivity contribution in [3.05, 3.63) is 48.9 Å². The highest BCUT2D eigenvalue weighted by Crippen LogP contribution is 2.28. The van der Waals surface area contributed by atoms with Crippen molar-refractivity contribution in [2.24, 2.45) is 0 Å². The fourth-order valence-corrected chi connectivity index (χ4v) is 1.81. The number of benzene rings is 1. The van der Waals surface area contributed by atoms with Crippen LogP contribution < -0.4 is 5.73 Å². The zero-order valence-electron chi connectivity index (χ0n) is 9.04. The molecule has 0 saturated heterocycles. The number of rotatable bonds is 2. The van der Waals surface area contributed by atoms with E-state index in [1.165, 1.54) is 0 Å². The number of aromatic amines is 1. The van der Waals surface area contributed by atoms with Gasteiger partial charge in [-0.2, -0.15) is 10.2 Å². The Balaban J connectivity index is 2.22. The summed E-state index contributed by atoms with van der Waals surface area (Å²) in [5, 5.41) is 11.1. The predicted octanol–water partition coefficient (Wildman–Crippen LogP) is 1.84. The van der Waals surface area contributed by atoms with Gasteiger partial charge in [-0.3, -0.25) is 5.10 Å². The van der Waals surface area contributed by atoms with Crippen LogP contribution in [0.25, 0.3) is 16.9 Å². The van der Waals surface area contributed by atoms with Crippen molar-refractivity contribution in [1.29, 1.82) is 0 Å². The van der Waals surface area contributed by atoms with Gasteiger partial charge in [0.2, 0.25) is 0 Å². The van der Waals surface area contributed by atoms with Gasteiger partial charge in [-0.25, -0.2) is 4.68 Å². The van der Waals surface area contributed by atoms with Crippen LogP contribution in [0.3, 0.4) is 0 Å². The highest BCUT2D eigenvalue weighted by atomic mass is 15.3. The van der Waals surface area contributed by atoms with E-state index >= 15 is 0 Å². The molecule has 0 saturated carbocycles. The Morgan fingerprint density at radius 1 is 1.18 bits per heavy atom. The first-order valence-electron chi connectivity index (χ1n) is 5.24. The van der Waals surface area contributed by atoms with E-state index in [0.29, 0.717) is 5.69 Å². The number of nitrogens with one attached hydrogen (secondary N) is 1. The van der Waals surface area contributed by atoms with Gasteiger partial charge in [0.05, 0.1) is 23.3 Å². The van der Waals surface area contributed by atoms with Crippen LogP contribution in [0.5, 0.6) is 0 Å². The van der Waals surface area contributed by atoms with Crippen LogP contribution in [-0.2, 0) is 0 Å². The average Bonchev–Trinajstić information content (AvgIpc) is 3.00. The zero-order valence-corrected chi connectivity index (χ0v) is 9.04. The highest BCUT2D eigenvalue weighted by molar-refractivity contribution is 5.78. The Bertz CT molecular complexity index is 624. The third kappa shape index (κ3) is 1.57.